The molecule has 1 aromatic heterocycles. The lowest BCUT2D eigenvalue weighted by Gasteiger charge is -2.05. The van der Waals surface area contributed by atoms with E-state index < -0.39 is 12.6 Å². The lowest BCUT2D eigenvalue weighted by Crippen LogP contribution is -2.11. The molecule has 0 aliphatic carbocycles. The third kappa shape index (κ3) is 6.10. The van der Waals surface area contributed by atoms with Gasteiger partial charge in [-0.3, -0.25) is 4.98 Å². The van der Waals surface area contributed by atoms with Gasteiger partial charge in [-0.2, -0.15) is 13.2 Å². The van der Waals surface area contributed by atoms with E-state index in [1.54, 1.807) is 6.07 Å². The average molecular weight is 219 g/mol. The number of aromatic nitrogens is 1. The molecule has 1 heterocycles. The average Bonchev–Trinajstić information content (AvgIpc) is 2.20. The summed E-state index contributed by atoms with van der Waals surface area (Å²) in [5.74, 6) is 0. The van der Waals surface area contributed by atoms with Gasteiger partial charge in [0.2, 0.25) is 0 Å². The van der Waals surface area contributed by atoms with Crippen LogP contribution in [0, 0.1) is 0 Å². The maximum Gasteiger partial charge on any atom is 0.393 e. The molecular weight excluding hydrogens is 203 g/mol. The highest BCUT2D eigenvalue weighted by molar-refractivity contribution is 5.14. The van der Waals surface area contributed by atoms with Crippen LogP contribution < -0.4 is 0 Å². The minimum absolute atomic E-state index is 0.213. The maximum atomic E-state index is 11.9. The summed E-state index contributed by atoms with van der Waals surface area (Å²) in [5, 5.41) is 0. The third-order valence-electron chi connectivity index (χ3n) is 1.65. The van der Waals surface area contributed by atoms with E-state index in [1.165, 1.54) is 12.3 Å². The van der Waals surface area contributed by atoms with Crippen LogP contribution in [-0.4, -0.2) is 11.2 Å². The molecular formula is C11H16F3N. The summed E-state index contributed by atoms with van der Waals surface area (Å²) in [6, 6.07) is 3.10. The zero-order chi connectivity index (χ0) is 11.9. The number of alkyl halides is 3. The fraction of sp³-hybridized carbons (Fsp3) is 0.545. The van der Waals surface area contributed by atoms with Gasteiger partial charge in [-0.15, -0.1) is 0 Å². The second-order valence-electron chi connectivity index (χ2n) is 2.80. The number of aryl methyl sites for hydroxylation is 1. The van der Waals surface area contributed by atoms with Crippen molar-refractivity contribution < 1.29 is 13.2 Å². The van der Waals surface area contributed by atoms with Crippen LogP contribution in [0.15, 0.2) is 18.3 Å². The van der Waals surface area contributed by atoms with Gasteiger partial charge in [0.25, 0.3) is 0 Å². The molecule has 0 aliphatic rings. The Hall–Kier alpha value is -1.06. The topological polar surface area (TPSA) is 12.9 Å². The molecule has 0 spiro atoms. The number of halogens is 3. The van der Waals surface area contributed by atoms with Crippen molar-refractivity contribution in [1.82, 2.24) is 4.98 Å². The van der Waals surface area contributed by atoms with Gasteiger partial charge in [0.05, 0.1) is 6.42 Å². The number of hydrogen-bond acceptors (Lipinski definition) is 1. The largest absolute Gasteiger partial charge is 0.393 e. The Kier molecular flexibility index (Phi) is 5.97. The van der Waals surface area contributed by atoms with Gasteiger partial charge >= 0.3 is 6.18 Å². The number of hydrogen-bond donors (Lipinski definition) is 0. The van der Waals surface area contributed by atoms with Crippen molar-refractivity contribution in [3.05, 3.63) is 29.6 Å². The van der Waals surface area contributed by atoms with Crippen molar-refractivity contribution in [3.8, 4) is 0 Å². The Morgan fingerprint density at radius 2 is 1.80 bits per heavy atom. The van der Waals surface area contributed by atoms with Crippen molar-refractivity contribution in [2.45, 2.75) is 39.8 Å². The first-order chi connectivity index (χ1) is 7.01. The van der Waals surface area contributed by atoms with E-state index in [2.05, 4.69) is 4.98 Å². The lowest BCUT2D eigenvalue weighted by molar-refractivity contribution is -0.127. The summed E-state index contributed by atoms with van der Waals surface area (Å²) >= 11 is 0. The van der Waals surface area contributed by atoms with Gasteiger partial charge in [0.15, 0.2) is 0 Å². The van der Waals surface area contributed by atoms with Crippen molar-refractivity contribution in [2.24, 2.45) is 0 Å². The van der Waals surface area contributed by atoms with Gasteiger partial charge in [-0.05, 0) is 18.1 Å². The van der Waals surface area contributed by atoms with Gasteiger partial charge in [-0.25, -0.2) is 0 Å². The Balaban J connectivity index is 0.000000921. The number of nitrogens with zero attached hydrogens (tertiary/aromatic N) is 1. The van der Waals surface area contributed by atoms with Crippen molar-refractivity contribution in [3.63, 3.8) is 0 Å². The second kappa shape index (κ2) is 6.43. The molecule has 0 amide bonds. The standard InChI is InChI=1S/C9H10F3N.C2H6/c1-2-8-4-3-7(6-13-8)5-9(10,11)12;1-2/h3-4,6H,2,5H2,1H3;1-2H3. The van der Waals surface area contributed by atoms with Crippen molar-refractivity contribution >= 4 is 0 Å². The molecule has 0 radical (unpaired) electrons. The predicted octanol–water partition coefficient (Wildman–Crippen LogP) is 3.78. The minimum atomic E-state index is -4.14. The first-order valence-corrected chi connectivity index (χ1v) is 5.02. The summed E-state index contributed by atoms with van der Waals surface area (Å²) in [6.07, 6.45) is -3.02. The molecule has 4 heteroatoms. The zero-order valence-electron chi connectivity index (χ0n) is 9.23. The molecule has 0 atom stereocenters. The van der Waals surface area contributed by atoms with Crippen molar-refractivity contribution in [1.29, 1.82) is 0 Å². The van der Waals surface area contributed by atoms with E-state index in [9.17, 15) is 13.2 Å². The summed E-state index contributed by atoms with van der Waals surface area (Å²) in [6.45, 7) is 5.91. The molecule has 0 aliphatic heterocycles. The molecule has 0 N–H and O–H groups in total. The highest BCUT2D eigenvalue weighted by Gasteiger charge is 2.27. The van der Waals surface area contributed by atoms with Gasteiger partial charge in [-0.1, -0.05) is 26.8 Å². The Morgan fingerprint density at radius 3 is 2.13 bits per heavy atom. The Morgan fingerprint density at radius 1 is 1.20 bits per heavy atom. The number of pyridine rings is 1. The molecule has 0 bridgehead atoms. The smallest absolute Gasteiger partial charge is 0.261 e. The van der Waals surface area contributed by atoms with E-state index in [1.807, 2.05) is 20.8 Å². The monoisotopic (exact) mass is 219 g/mol. The van der Waals surface area contributed by atoms with E-state index >= 15 is 0 Å². The molecule has 0 unspecified atom stereocenters. The summed E-state index contributed by atoms with van der Waals surface area (Å²) in [5.41, 5.74) is 1.02. The lowest BCUT2D eigenvalue weighted by atomic mass is 10.2. The van der Waals surface area contributed by atoms with E-state index in [0.717, 1.165) is 12.1 Å². The fourth-order valence-corrected chi connectivity index (χ4v) is 1.00. The normalized spacial score (nSPS) is 10.5. The quantitative estimate of drug-likeness (QED) is 0.737. The first-order valence-electron chi connectivity index (χ1n) is 5.02. The Labute approximate surface area is 88.3 Å². The highest BCUT2D eigenvalue weighted by atomic mass is 19.4. The van der Waals surface area contributed by atoms with Crippen LogP contribution in [0.1, 0.15) is 32.0 Å². The van der Waals surface area contributed by atoms with Crippen LogP contribution in [0.2, 0.25) is 0 Å². The van der Waals surface area contributed by atoms with Crippen LogP contribution in [0.3, 0.4) is 0 Å². The molecule has 1 nitrogen and oxygen atoms in total. The first kappa shape index (κ1) is 13.9. The van der Waals surface area contributed by atoms with E-state index in [-0.39, 0.29) is 5.56 Å². The molecule has 15 heavy (non-hydrogen) atoms. The third-order valence-corrected chi connectivity index (χ3v) is 1.65. The Bertz CT molecular complexity index is 264. The van der Waals surface area contributed by atoms with E-state index in [4.69, 9.17) is 0 Å². The van der Waals surface area contributed by atoms with Crippen LogP contribution in [0.4, 0.5) is 13.2 Å². The second-order valence-corrected chi connectivity index (χ2v) is 2.80. The van der Waals surface area contributed by atoms with Crippen molar-refractivity contribution in [2.75, 3.05) is 0 Å². The van der Waals surface area contributed by atoms with Gasteiger partial charge < -0.3 is 0 Å². The molecule has 0 saturated carbocycles. The van der Waals surface area contributed by atoms with Crippen LogP contribution in [-0.2, 0) is 12.8 Å². The summed E-state index contributed by atoms with van der Waals surface area (Å²) in [4.78, 5) is 3.88. The van der Waals surface area contributed by atoms with Crippen LogP contribution in [0.25, 0.3) is 0 Å². The zero-order valence-corrected chi connectivity index (χ0v) is 9.23. The minimum Gasteiger partial charge on any atom is -0.261 e. The molecule has 1 aromatic rings. The summed E-state index contributed by atoms with van der Waals surface area (Å²) in [7, 11) is 0. The maximum absolute atomic E-state index is 11.9. The molecule has 0 fully saturated rings. The molecule has 0 saturated heterocycles. The van der Waals surface area contributed by atoms with Crippen LogP contribution >= 0.6 is 0 Å². The number of rotatable bonds is 2. The predicted molar refractivity (Wildman–Crippen MR) is 54.7 cm³/mol. The molecule has 86 valence electrons. The van der Waals surface area contributed by atoms with E-state index in [0.29, 0.717) is 0 Å². The highest BCUT2D eigenvalue weighted by Crippen LogP contribution is 2.20. The molecule has 0 aromatic carbocycles. The van der Waals surface area contributed by atoms with Gasteiger partial charge in [0.1, 0.15) is 0 Å². The van der Waals surface area contributed by atoms with Crippen LogP contribution in [0.5, 0.6) is 0 Å². The SMILES string of the molecule is CC.CCc1ccc(CC(F)(F)F)cn1. The molecule has 1 rings (SSSR count). The van der Waals surface area contributed by atoms with Gasteiger partial charge in [0, 0.05) is 11.9 Å². The summed E-state index contributed by atoms with van der Waals surface area (Å²) < 4.78 is 35.7. The fourth-order valence-electron chi connectivity index (χ4n) is 1.00.